The summed E-state index contributed by atoms with van der Waals surface area (Å²) in [5.74, 6) is -4.02. The topological polar surface area (TPSA) is 55.3 Å². The van der Waals surface area contributed by atoms with Crippen LogP contribution >= 0.6 is 7.92 Å². The highest BCUT2D eigenvalue weighted by molar-refractivity contribution is 7.80. The van der Waals surface area contributed by atoms with E-state index in [4.69, 9.17) is 11.6 Å². The van der Waals surface area contributed by atoms with Crippen molar-refractivity contribution in [3.63, 3.8) is 0 Å². The quantitative estimate of drug-likeness (QED) is 0.0626. The van der Waals surface area contributed by atoms with Gasteiger partial charge in [0.25, 0.3) is 0 Å². The zero-order chi connectivity index (χ0) is 29.3. The molecule has 0 radical (unpaired) electrons. The van der Waals surface area contributed by atoms with Gasteiger partial charge in [-0.1, -0.05) is 97.1 Å². The van der Waals surface area contributed by atoms with Crippen molar-refractivity contribution in [3.8, 4) is 0 Å². The Labute approximate surface area is 235 Å². The Bertz CT molecular complexity index is 1690. The van der Waals surface area contributed by atoms with E-state index in [2.05, 4.69) is 0 Å². The smallest absolute Gasteiger partial charge is 0.200 e. The molecule has 0 unspecified atom stereocenters. The molecule has 0 fully saturated rings. The van der Waals surface area contributed by atoms with Crippen molar-refractivity contribution in [1.29, 1.82) is 0 Å². The third-order valence-corrected chi connectivity index (χ3v) is 9.31. The van der Waals surface area contributed by atoms with Gasteiger partial charge in [-0.05, 0) is 34.6 Å². The van der Waals surface area contributed by atoms with Gasteiger partial charge >= 0.3 is 0 Å². The monoisotopic (exact) mass is 577 g/mol. The summed E-state index contributed by atoms with van der Waals surface area (Å²) in [6, 6.07) is 31.1. The third kappa shape index (κ3) is 5.29. The van der Waals surface area contributed by atoms with E-state index in [1.807, 2.05) is 97.1 Å². The minimum atomic E-state index is -2.23. The molecule has 0 amide bonds. The molecule has 5 aromatic carbocycles. The number of nitrogens with zero attached hydrogens (tertiary/aromatic N) is 1. The van der Waals surface area contributed by atoms with Crippen molar-refractivity contribution >= 4 is 40.3 Å². The van der Waals surface area contributed by atoms with Crippen LogP contribution in [0.2, 0.25) is 0 Å². The minimum Gasteiger partial charge on any atom is -0.397 e. The summed E-state index contributed by atoms with van der Waals surface area (Å²) in [6.07, 6.45) is -0.734. The molecule has 3 nitrogen and oxygen atoms in total. The zero-order valence-electron chi connectivity index (χ0n) is 21.9. The number of hydrazine groups is 1. The molecular formula is C32H25F5N3P. The average Bonchev–Trinajstić information content (AvgIpc) is 2.99. The molecule has 0 aromatic heterocycles. The molecule has 0 spiro atoms. The number of halogens is 5. The lowest BCUT2D eigenvalue weighted by molar-refractivity contribution is 0.365. The number of hydrogen-bond donors (Lipinski definition) is 2. The summed E-state index contributed by atoms with van der Waals surface area (Å²) in [5, 5.41) is 5.54. The zero-order valence-corrected chi connectivity index (χ0v) is 22.8. The molecule has 0 bridgehead atoms. The van der Waals surface area contributed by atoms with E-state index >= 15 is 0 Å². The van der Waals surface area contributed by atoms with Gasteiger partial charge in [-0.2, -0.15) is 0 Å². The molecule has 208 valence electrons. The molecule has 0 saturated heterocycles. The van der Waals surface area contributed by atoms with Crippen LogP contribution in [0.5, 0.6) is 0 Å². The van der Waals surface area contributed by atoms with E-state index in [9.17, 15) is 22.0 Å². The Hall–Kier alpha value is -4.26. The van der Waals surface area contributed by atoms with E-state index < -0.39 is 49.0 Å². The summed E-state index contributed by atoms with van der Waals surface area (Å²) in [6.45, 7) is 0. The summed E-state index contributed by atoms with van der Waals surface area (Å²) >= 11 is 0. The van der Waals surface area contributed by atoms with Gasteiger partial charge in [0.2, 0.25) is 5.82 Å². The molecule has 41 heavy (non-hydrogen) atoms. The molecule has 4 N–H and O–H groups in total. The molecule has 0 saturated carbocycles. The van der Waals surface area contributed by atoms with E-state index in [0.29, 0.717) is 5.56 Å². The summed E-state index contributed by atoms with van der Waals surface area (Å²) in [4.78, 5) is 0. The molecular weight excluding hydrogens is 552 g/mol. The van der Waals surface area contributed by atoms with Crippen LogP contribution in [0.3, 0.4) is 0 Å². The number of allylic oxidation sites excluding steroid dienone is 1. The van der Waals surface area contributed by atoms with Crippen LogP contribution in [-0.2, 0) is 6.42 Å². The summed E-state index contributed by atoms with van der Waals surface area (Å²) in [5.41, 5.74) is 6.41. The molecule has 0 aliphatic heterocycles. The number of hydrogen-bond acceptors (Lipinski definition) is 3. The molecule has 5 aromatic rings. The predicted molar refractivity (Wildman–Crippen MR) is 156 cm³/mol. The fraction of sp³-hybridized carbons (Fsp3) is 0.0625. The number of likely N-dealkylation sites (N-methyl/N-ethyl adjacent to an activating group) is 1. The van der Waals surface area contributed by atoms with Crippen LogP contribution in [0, 0.1) is 29.1 Å². The van der Waals surface area contributed by atoms with E-state index in [0.717, 1.165) is 31.7 Å². The van der Waals surface area contributed by atoms with Crippen LogP contribution in [-0.4, -0.2) is 12.1 Å². The Morgan fingerprint density at radius 2 is 1.15 bits per heavy atom. The van der Waals surface area contributed by atoms with Crippen molar-refractivity contribution in [1.82, 2.24) is 5.01 Å². The lowest BCUT2D eigenvalue weighted by Gasteiger charge is -2.27. The molecule has 0 aliphatic carbocycles. The normalized spacial score (nSPS) is 12.1. The fourth-order valence-electron chi connectivity index (χ4n) is 4.84. The van der Waals surface area contributed by atoms with E-state index in [1.54, 1.807) is 0 Å². The maximum Gasteiger partial charge on any atom is 0.200 e. The summed E-state index contributed by atoms with van der Waals surface area (Å²) in [7, 11) is 0.205. The van der Waals surface area contributed by atoms with Crippen LogP contribution in [0.15, 0.2) is 103 Å². The highest BCUT2D eigenvalue weighted by Gasteiger charge is 2.29. The van der Waals surface area contributed by atoms with Gasteiger partial charge in [-0.3, -0.25) is 0 Å². The van der Waals surface area contributed by atoms with Gasteiger partial charge in [-0.25, -0.2) is 27.8 Å². The lowest BCUT2D eigenvalue weighted by atomic mass is 9.98. The number of fused-ring (bicyclic) bond motifs is 1. The van der Waals surface area contributed by atoms with Crippen molar-refractivity contribution in [2.75, 3.05) is 7.05 Å². The van der Waals surface area contributed by atoms with Crippen molar-refractivity contribution < 1.29 is 22.0 Å². The first-order valence-corrected chi connectivity index (χ1v) is 13.9. The highest BCUT2D eigenvalue weighted by atomic mass is 31.1. The maximum absolute atomic E-state index is 14.8. The molecule has 0 aliphatic rings. The highest BCUT2D eigenvalue weighted by Crippen LogP contribution is 2.39. The second-order valence-corrected chi connectivity index (χ2v) is 11.6. The van der Waals surface area contributed by atoms with E-state index in [-0.39, 0.29) is 11.4 Å². The Morgan fingerprint density at radius 3 is 1.68 bits per heavy atom. The van der Waals surface area contributed by atoms with Crippen LogP contribution < -0.4 is 27.5 Å². The standard InChI is InChI=1S/C32H25F5N3P/c1-40(39)24(18-23-27(33)29(35)31(37)30(36)28(23)34)32(38)26-22-15-9-8-10-19(22)16-17-25(26)41(20-11-4-2-5-12-20)21-13-6-3-7-14-21/h2-17H,18,38-39H2,1H3/b32-24-. The van der Waals surface area contributed by atoms with Gasteiger partial charge in [0.1, 0.15) is 0 Å². The average molecular weight is 578 g/mol. The number of rotatable bonds is 7. The Kier molecular flexibility index (Phi) is 8.06. The first kappa shape index (κ1) is 28.3. The first-order chi connectivity index (χ1) is 19.7. The lowest BCUT2D eigenvalue weighted by Crippen LogP contribution is -2.31. The Morgan fingerprint density at radius 1 is 0.659 bits per heavy atom. The van der Waals surface area contributed by atoms with Crippen LogP contribution in [0.1, 0.15) is 11.1 Å². The summed E-state index contributed by atoms with van der Waals surface area (Å²) < 4.78 is 71.4. The molecule has 0 atom stereocenters. The van der Waals surface area contributed by atoms with Crippen LogP contribution in [0.4, 0.5) is 22.0 Å². The van der Waals surface area contributed by atoms with Gasteiger partial charge in [-0.15, -0.1) is 0 Å². The third-order valence-electron chi connectivity index (χ3n) is 6.83. The minimum absolute atomic E-state index is 0.0121. The van der Waals surface area contributed by atoms with Crippen molar-refractivity contribution in [2.45, 2.75) is 6.42 Å². The SMILES string of the molecule is CN(N)/C(Cc1c(F)c(F)c(F)c(F)c1F)=C(\N)c1c(P(c2ccccc2)c2ccccc2)ccc2ccccc12. The second kappa shape index (κ2) is 11.7. The predicted octanol–water partition coefficient (Wildman–Crippen LogP) is 5.97. The van der Waals surface area contributed by atoms with Crippen molar-refractivity contribution in [3.05, 3.63) is 143 Å². The number of benzene rings is 5. The number of nitrogens with two attached hydrogens (primary N) is 2. The van der Waals surface area contributed by atoms with Crippen molar-refractivity contribution in [2.24, 2.45) is 11.6 Å². The maximum atomic E-state index is 14.8. The van der Waals surface area contributed by atoms with Gasteiger partial charge in [0, 0.05) is 24.6 Å². The molecule has 9 heteroatoms. The second-order valence-electron chi connectivity index (χ2n) is 9.38. The molecule has 0 heterocycles. The van der Waals surface area contributed by atoms with Gasteiger partial charge in [0.15, 0.2) is 23.3 Å². The Balaban J connectivity index is 1.82. The first-order valence-electron chi connectivity index (χ1n) is 12.6. The largest absolute Gasteiger partial charge is 0.397 e. The fourth-order valence-corrected chi connectivity index (χ4v) is 7.32. The van der Waals surface area contributed by atoms with Gasteiger partial charge in [0.05, 0.1) is 11.4 Å². The molecule has 5 rings (SSSR count). The van der Waals surface area contributed by atoms with Crippen LogP contribution in [0.25, 0.3) is 16.5 Å². The van der Waals surface area contributed by atoms with E-state index in [1.165, 1.54) is 7.05 Å². The van der Waals surface area contributed by atoms with Gasteiger partial charge < -0.3 is 10.7 Å².